The lowest BCUT2D eigenvalue weighted by atomic mass is 10.1. The van der Waals surface area contributed by atoms with Gasteiger partial charge in [-0.3, -0.25) is 14.9 Å². The number of alkyl halides is 1. The average molecular weight is 484 g/mol. The number of nitrogens with one attached hydrogen (secondary N) is 1. The van der Waals surface area contributed by atoms with Crippen LogP contribution in [0.25, 0.3) is 0 Å². The number of anilines is 1. The Balaban J connectivity index is 1.98. The Morgan fingerprint density at radius 3 is 2.52 bits per heavy atom. The standard InChI is InChI=1S/C19H21IN2O5/c1-13-11-15(5-8-17(13)22(25)26)21-18(23)19(2,24)12-27-16-6-3-14(4-7-16)9-10-20/h3-8,11,24H,9-10,12H2,1-2H3,(H,21,23). The maximum absolute atomic E-state index is 12.3. The second kappa shape index (κ2) is 9.14. The summed E-state index contributed by atoms with van der Waals surface area (Å²) in [6, 6.07) is 11.7. The van der Waals surface area contributed by atoms with E-state index in [1.165, 1.54) is 30.7 Å². The predicted octanol–water partition coefficient (Wildman–Crippen LogP) is 3.65. The van der Waals surface area contributed by atoms with Crippen LogP contribution in [0.1, 0.15) is 18.1 Å². The van der Waals surface area contributed by atoms with Crippen LogP contribution in [0.2, 0.25) is 0 Å². The van der Waals surface area contributed by atoms with Gasteiger partial charge in [-0.1, -0.05) is 34.7 Å². The molecule has 2 N–H and O–H groups in total. The van der Waals surface area contributed by atoms with Crippen LogP contribution in [-0.4, -0.2) is 32.6 Å². The van der Waals surface area contributed by atoms with Crippen molar-refractivity contribution in [3.8, 4) is 5.75 Å². The first-order valence-corrected chi connectivity index (χ1v) is 9.82. The molecule has 0 radical (unpaired) electrons. The molecule has 0 aliphatic rings. The number of amides is 1. The van der Waals surface area contributed by atoms with Crippen LogP contribution in [-0.2, 0) is 11.2 Å². The molecule has 2 rings (SSSR count). The smallest absolute Gasteiger partial charge is 0.272 e. The van der Waals surface area contributed by atoms with Crippen molar-refractivity contribution in [2.24, 2.45) is 0 Å². The third kappa shape index (κ3) is 5.90. The number of nitrogens with zero attached hydrogens (tertiary/aromatic N) is 1. The number of aliphatic hydroxyl groups is 1. The van der Waals surface area contributed by atoms with E-state index in [9.17, 15) is 20.0 Å². The number of benzene rings is 2. The maximum atomic E-state index is 12.3. The van der Waals surface area contributed by atoms with Crippen LogP contribution in [0.4, 0.5) is 11.4 Å². The Labute approximate surface area is 171 Å². The van der Waals surface area contributed by atoms with E-state index in [-0.39, 0.29) is 12.3 Å². The number of hydrogen-bond acceptors (Lipinski definition) is 5. The number of carbonyl (C=O) groups excluding carboxylic acids is 1. The molecular weight excluding hydrogens is 463 g/mol. The fraction of sp³-hybridized carbons (Fsp3) is 0.316. The molecule has 2 aromatic rings. The predicted molar refractivity (Wildman–Crippen MR) is 112 cm³/mol. The normalized spacial score (nSPS) is 12.9. The minimum absolute atomic E-state index is 0.0332. The molecule has 1 amide bonds. The molecule has 7 nitrogen and oxygen atoms in total. The van der Waals surface area contributed by atoms with Crippen molar-refractivity contribution in [2.75, 3.05) is 16.4 Å². The topological polar surface area (TPSA) is 102 Å². The lowest BCUT2D eigenvalue weighted by molar-refractivity contribution is -0.385. The van der Waals surface area contributed by atoms with Gasteiger partial charge >= 0.3 is 0 Å². The Hall–Kier alpha value is -2.20. The molecule has 8 heteroatoms. The first kappa shape index (κ1) is 21.1. The number of carbonyl (C=O) groups is 1. The molecular formula is C19H21IN2O5. The van der Waals surface area contributed by atoms with E-state index in [0.29, 0.717) is 17.0 Å². The van der Waals surface area contributed by atoms with E-state index in [4.69, 9.17) is 4.74 Å². The molecule has 0 bridgehead atoms. The van der Waals surface area contributed by atoms with E-state index in [0.717, 1.165) is 10.8 Å². The Morgan fingerprint density at radius 2 is 1.96 bits per heavy atom. The van der Waals surface area contributed by atoms with Crippen molar-refractivity contribution >= 4 is 39.9 Å². The fourth-order valence-corrected chi connectivity index (χ4v) is 2.98. The van der Waals surface area contributed by atoms with Gasteiger partial charge in [0.15, 0.2) is 5.60 Å². The summed E-state index contributed by atoms with van der Waals surface area (Å²) >= 11 is 2.31. The van der Waals surface area contributed by atoms with Crippen molar-refractivity contribution in [2.45, 2.75) is 25.9 Å². The van der Waals surface area contributed by atoms with Crippen molar-refractivity contribution in [3.05, 3.63) is 63.7 Å². The first-order valence-electron chi connectivity index (χ1n) is 8.29. The zero-order valence-corrected chi connectivity index (χ0v) is 17.2. The van der Waals surface area contributed by atoms with Gasteiger partial charge in [0.1, 0.15) is 12.4 Å². The van der Waals surface area contributed by atoms with Gasteiger partial charge in [0.25, 0.3) is 11.6 Å². The number of hydrogen-bond donors (Lipinski definition) is 2. The molecule has 27 heavy (non-hydrogen) atoms. The minimum atomic E-state index is -1.77. The Bertz CT molecular complexity index is 821. The quantitative estimate of drug-likeness (QED) is 0.258. The van der Waals surface area contributed by atoms with Gasteiger partial charge in [-0.2, -0.15) is 0 Å². The summed E-state index contributed by atoms with van der Waals surface area (Å²) in [4.78, 5) is 22.7. The molecule has 144 valence electrons. The van der Waals surface area contributed by atoms with Crippen LogP contribution in [0.15, 0.2) is 42.5 Å². The van der Waals surface area contributed by atoms with Crippen molar-refractivity contribution in [3.63, 3.8) is 0 Å². The number of nitro groups is 1. The molecule has 2 aromatic carbocycles. The van der Waals surface area contributed by atoms with Gasteiger partial charge < -0.3 is 15.2 Å². The zero-order chi connectivity index (χ0) is 20.0. The number of rotatable bonds is 8. The van der Waals surface area contributed by atoms with Crippen LogP contribution in [0, 0.1) is 17.0 Å². The Morgan fingerprint density at radius 1 is 1.30 bits per heavy atom. The summed E-state index contributed by atoms with van der Waals surface area (Å²) in [5, 5.41) is 23.8. The summed E-state index contributed by atoms with van der Waals surface area (Å²) in [7, 11) is 0. The van der Waals surface area contributed by atoms with Crippen molar-refractivity contribution in [1.29, 1.82) is 0 Å². The SMILES string of the molecule is Cc1cc(NC(=O)C(C)(O)COc2ccc(CCI)cc2)ccc1[N+](=O)[O-]. The first-order chi connectivity index (χ1) is 12.7. The highest BCUT2D eigenvalue weighted by Crippen LogP contribution is 2.22. The van der Waals surface area contributed by atoms with Gasteiger partial charge in [-0.25, -0.2) is 0 Å². The van der Waals surface area contributed by atoms with Gasteiger partial charge in [0, 0.05) is 21.7 Å². The summed E-state index contributed by atoms with van der Waals surface area (Å²) in [6.07, 6.45) is 0.968. The Kier molecular flexibility index (Phi) is 7.14. The summed E-state index contributed by atoms with van der Waals surface area (Å²) < 4.78 is 6.56. The summed E-state index contributed by atoms with van der Waals surface area (Å²) in [6.45, 7) is 2.71. The molecule has 0 aromatic heterocycles. The molecule has 0 aliphatic carbocycles. The highest BCUT2D eigenvalue weighted by atomic mass is 127. The molecule has 0 saturated heterocycles. The molecule has 0 spiro atoms. The zero-order valence-electron chi connectivity index (χ0n) is 15.1. The largest absolute Gasteiger partial charge is 0.490 e. The molecule has 0 heterocycles. The third-order valence-electron chi connectivity index (χ3n) is 3.97. The maximum Gasteiger partial charge on any atom is 0.272 e. The van der Waals surface area contributed by atoms with E-state index in [1.54, 1.807) is 19.1 Å². The molecule has 0 aliphatic heterocycles. The van der Waals surface area contributed by atoms with Crippen LogP contribution >= 0.6 is 22.6 Å². The fourth-order valence-electron chi connectivity index (χ4n) is 2.35. The van der Waals surface area contributed by atoms with Crippen LogP contribution < -0.4 is 10.1 Å². The van der Waals surface area contributed by atoms with E-state index < -0.39 is 16.4 Å². The molecule has 1 atom stereocenters. The number of halogens is 1. The summed E-state index contributed by atoms with van der Waals surface area (Å²) in [5.74, 6) is -0.0938. The van der Waals surface area contributed by atoms with E-state index in [2.05, 4.69) is 27.9 Å². The van der Waals surface area contributed by atoms with E-state index in [1.807, 2.05) is 12.1 Å². The highest BCUT2D eigenvalue weighted by Gasteiger charge is 2.31. The lowest BCUT2D eigenvalue weighted by Crippen LogP contribution is -2.45. The van der Waals surface area contributed by atoms with Gasteiger partial charge in [0.05, 0.1) is 4.92 Å². The van der Waals surface area contributed by atoms with Crippen LogP contribution in [0.3, 0.4) is 0 Å². The lowest BCUT2D eigenvalue weighted by Gasteiger charge is -2.22. The molecule has 1 unspecified atom stereocenters. The van der Waals surface area contributed by atoms with Gasteiger partial charge in [-0.15, -0.1) is 0 Å². The van der Waals surface area contributed by atoms with Crippen LogP contribution in [0.5, 0.6) is 5.75 Å². The minimum Gasteiger partial charge on any atom is -0.490 e. The summed E-state index contributed by atoms with van der Waals surface area (Å²) in [5.41, 5.74) is 0.173. The third-order valence-corrected chi connectivity index (χ3v) is 4.51. The van der Waals surface area contributed by atoms with Gasteiger partial charge in [0.2, 0.25) is 0 Å². The second-order valence-corrected chi connectivity index (χ2v) is 7.44. The monoisotopic (exact) mass is 484 g/mol. The van der Waals surface area contributed by atoms with Crippen molar-refractivity contribution in [1.82, 2.24) is 0 Å². The van der Waals surface area contributed by atoms with Crippen molar-refractivity contribution < 1.29 is 19.6 Å². The number of aryl methyl sites for hydroxylation is 2. The molecule has 0 saturated carbocycles. The number of nitro benzene ring substituents is 1. The second-order valence-electron chi connectivity index (χ2n) is 6.36. The van der Waals surface area contributed by atoms with E-state index >= 15 is 0 Å². The number of ether oxygens (including phenoxy) is 1. The van der Waals surface area contributed by atoms with Gasteiger partial charge in [-0.05, 0) is 50.1 Å². The average Bonchev–Trinajstić information content (AvgIpc) is 2.61. The highest BCUT2D eigenvalue weighted by molar-refractivity contribution is 14.1. The molecule has 0 fully saturated rings.